The molecular weight excluding hydrogens is 244 g/mol. The second kappa shape index (κ2) is 6.44. The lowest BCUT2D eigenvalue weighted by molar-refractivity contribution is 0.504. The molecule has 3 heteroatoms. The molecule has 102 valence electrons. The van der Waals surface area contributed by atoms with Crippen molar-refractivity contribution in [1.29, 1.82) is 0 Å². The molecule has 1 unspecified atom stereocenters. The van der Waals surface area contributed by atoms with Crippen LogP contribution in [-0.4, -0.2) is 13.1 Å². The lowest BCUT2D eigenvalue weighted by atomic mass is 10.0. The smallest absolute Gasteiger partial charge is 0.0642 e. The van der Waals surface area contributed by atoms with Crippen LogP contribution in [0.2, 0.25) is 5.02 Å². The predicted molar refractivity (Wildman–Crippen MR) is 81.4 cm³/mol. The van der Waals surface area contributed by atoms with Crippen LogP contribution in [0.25, 0.3) is 0 Å². The molecule has 0 saturated carbocycles. The highest BCUT2D eigenvalue weighted by Gasteiger charge is 2.15. The van der Waals surface area contributed by atoms with Crippen molar-refractivity contribution in [1.82, 2.24) is 0 Å². The maximum absolute atomic E-state index is 6.35. The third-order valence-corrected chi connectivity index (χ3v) is 3.65. The average Bonchev–Trinajstić information content (AvgIpc) is 2.26. The van der Waals surface area contributed by atoms with Crippen LogP contribution in [0.5, 0.6) is 0 Å². The van der Waals surface area contributed by atoms with E-state index in [-0.39, 0.29) is 6.04 Å². The second-order valence-corrected chi connectivity index (χ2v) is 6.00. The van der Waals surface area contributed by atoms with Gasteiger partial charge < -0.3 is 10.6 Å². The van der Waals surface area contributed by atoms with Gasteiger partial charge in [0.15, 0.2) is 0 Å². The molecule has 0 bridgehead atoms. The summed E-state index contributed by atoms with van der Waals surface area (Å²) < 4.78 is 0. The number of nitrogens with two attached hydrogens (primary N) is 1. The fraction of sp³-hybridized carbons (Fsp3) is 0.600. The number of hydrogen-bond acceptors (Lipinski definition) is 2. The van der Waals surface area contributed by atoms with Crippen LogP contribution in [0.1, 0.15) is 45.7 Å². The quantitative estimate of drug-likeness (QED) is 0.866. The molecule has 0 spiro atoms. The standard InChI is InChI=1S/C15H25ClN2/c1-10(2)8-11(3)18(5)15-7-6-13(12(4)17)9-14(15)16/h6-7,9-12H,8,17H2,1-5H3/t11?,12-/m0/s1. The number of anilines is 1. The molecule has 0 fully saturated rings. The molecule has 0 aliphatic carbocycles. The average molecular weight is 269 g/mol. The normalized spacial score (nSPS) is 14.7. The van der Waals surface area contributed by atoms with E-state index in [0.29, 0.717) is 12.0 Å². The first-order chi connectivity index (χ1) is 8.32. The van der Waals surface area contributed by atoms with Crippen LogP contribution in [0, 0.1) is 5.92 Å². The monoisotopic (exact) mass is 268 g/mol. The maximum atomic E-state index is 6.35. The van der Waals surface area contributed by atoms with Gasteiger partial charge in [0, 0.05) is 19.1 Å². The van der Waals surface area contributed by atoms with Crippen molar-refractivity contribution in [3.05, 3.63) is 28.8 Å². The molecule has 2 nitrogen and oxygen atoms in total. The Labute approximate surface area is 116 Å². The maximum Gasteiger partial charge on any atom is 0.0642 e. The van der Waals surface area contributed by atoms with Gasteiger partial charge in [0.05, 0.1) is 10.7 Å². The fourth-order valence-electron chi connectivity index (χ4n) is 2.17. The van der Waals surface area contributed by atoms with Crippen molar-refractivity contribution in [2.75, 3.05) is 11.9 Å². The van der Waals surface area contributed by atoms with Crippen molar-refractivity contribution in [3.8, 4) is 0 Å². The molecule has 0 heterocycles. The molecular formula is C15H25ClN2. The third kappa shape index (κ3) is 3.89. The topological polar surface area (TPSA) is 29.3 Å². The summed E-state index contributed by atoms with van der Waals surface area (Å²) in [5.74, 6) is 0.685. The molecule has 1 aromatic carbocycles. The summed E-state index contributed by atoms with van der Waals surface area (Å²) in [6.45, 7) is 8.68. The van der Waals surface area contributed by atoms with Crippen LogP contribution >= 0.6 is 11.6 Å². The molecule has 0 aliphatic rings. The van der Waals surface area contributed by atoms with E-state index in [4.69, 9.17) is 17.3 Å². The molecule has 0 amide bonds. The molecule has 2 N–H and O–H groups in total. The summed E-state index contributed by atoms with van der Waals surface area (Å²) in [5.41, 5.74) is 8.02. The highest BCUT2D eigenvalue weighted by atomic mass is 35.5. The molecule has 0 aromatic heterocycles. The summed E-state index contributed by atoms with van der Waals surface area (Å²) in [6, 6.07) is 6.60. The summed E-state index contributed by atoms with van der Waals surface area (Å²) >= 11 is 6.35. The van der Waals surface area contributed by atoms with Crippen LogP contribution in [0.15, 0.2) is 18.2 Å². The van der Waals surface area contributed by atoms with Gasteiger partial charge in [-0.1, -0.05) is 31.5 Å². The van der Waals surface area contributed by atoms with E-state index in [1.165, 1.54) is 0 Å². The minimum atomic E-state index is 0.0231. The Balaban J connectivity index is 2.89. The summed E-state index contributed by atoms with van der Waals surface area (Å²) in [4.78, 5) is 2.24. The SMILES string of the molecule is CC(C)CC(C)N(C)c1ccc([C@H](C)N)cc1Cl. The van der Waals surface area contributed by atoms with Gasteiger partial charge in [-0.2, -0.15) is 0 Å². The number of benzene rings is 1. The zero-order valence-electron chi connectivity index (χ0n) is 12.1. The molecule has 0 saturated heterocycles. The van der Waals surface area contributed by atoms with E-state index < -0.39 is 0 Å². The van der Waals surface area contributed by atoms with E-state index in [1.807, 2.05) is 13.0 Å². The molecule has 2 atom stereocenters. The van der Waals surface area contributed by atoms with E-state index in [9.17, 15) is 0 Å². The van der Waals surface area contributed by atoms with E-state index in [1.54, 1.807) is 0 Å². The summed E-state index contributed by atoms with van der Waals surface area (Å²) in [5, 5.41) is 0.780. The molecule has 0 aliphatic heterocycles. The number of rotatable bonds is 5. The number of halogens is 1. The first kappa shape index (κ1) is 15.3. The largest absolute Gasteiger partial charge is 0.371 e. The predicted octanol–water partition coefficient (Wildman–Crippen LogP) is 4.23. The Morgan fingerprint density at radius 2 is 1.83 bits per heavy atom. The minimum Gasteiger partial charge on any atom is -0.371 e. The minimum absolute atomic E-state index is 0.0231. The lowest BCUT2D eigenvalue weighted by Gasteiger charge is -2.29. The number of nitrogens with zero attached hydrogens (tertiary/aromatic N) is 1. The van der Waals surface area contributed by atoms with Gasteiger partial charge in [0.1, 0.15) is 0 Å². The van der Waals surface area contributed by atoms with Gasteiger partial charge in [0.25, 0.3) is 0 Å². The van der Waals surface area contributed by atoms with Crippen molar-refractivity contribution >= 4 is 17.3 Å². The van der Waals surface area contributed by atoms with Gasteiger partial charge in [-0.15, -0.1) is 0 Å². The summed E-state index contributed by atoms with van der Waals surface area (Å²) in [7, 11) is 2.10. The van der Waals surface area contributed by atoms with E-state index >= 15 is 0 Å². The Morgan fingerprint density at radius 1 is 1.22 bits per heavy atom. The highest BCUT2D eigenvalue weighted by Crippen LogP contribution is 2.30. The Bertz CT molecular complexity index is 388. The van der Waals surface area contributed by atoms with Crippen molar-refractivity contribution < 1.29 is 0 Å². The molecule has 0 radical (unpaired) electrons. The summed E-state index contributed by atoms with van der Waals surface area (Å²) in [6.07, 6.45) is 1.15. The number of hydrogen-bond donors (Lipinski definition) is 1. The first-order valence-corrected chi connectivity index (χ1v) is 6.98. The van der Waals surface area contributed by atoms with E-state index in [2.05, 4.69) is 44.9 Å². The zero-order valence-corrected chi connectivity index (χ0v) is 12.8. The Hall–Kier alpha value is -0.730. The van der Waals surface area contributed by atoms with E-state index in [0.717, 1.165) is 22.7 Å². The second-order valence-electron chi connectivity index (χ2n) is 5.59. The Kier molecular flexibility index (Phi) is 5.48. The van der Waals surface area contributed by atoms with Crippen LogP contribution in [0.4, 0.5) is 5.69 Å². The molecule has 1 aromatic rings. The van der Waals surface area contributed by atoms with Crippen LogP contribution < -0.4 is 10.6 Å². The lowest BCUT2D eigenvalue weighted by Crippen LogP contribution is -2.30. The molecule has 18 heavy (non-hydrogen) atoms. The fourth-order valence-corrected chi connectivity index (χ4v) is 2.49. The van der Waals surface area contributed by atoms with Gasteiger partial charge in [-0.25, -0.2) is 0 Å². The van der Waals surface area contributed by atoms with Gasteiger partial charge in [-0.05, 0) is 43.9 Å². The van der Waals surface area contributed by atoms with Gasteiger partial charge in [-0.3, -0.25) is 0 Å². The van der Waals surface area contributed by atoms with Crippen LogP contribution in [0.3, 0.4) is 0 Å². The zero-order chi connectivity index (χ0) is 13.9. The van der Waals surface area contributed by atoms with Gasteiger partial charge >= 0.3 is 0 Å². The highest BCUT2D eigenvalue weighted by molar-refractivity contribution is 6.33. The third-order valence-electron chi connectivity index (χ3n) is 3.35. The van der Waals surface area contributed by atoms with Crippen molar-refractivity contribution in [2.45, 2.75) is 46.2 Å². The Morgan fingerprint density at radius 3 is 2.28 bits per heavy atom. The van der Waals surface area contributed by atoms with Crippen molar-refractivity contribution in [3.63, 3.8) is 0 Å². The first-order valence-electron chi connectivity index (χ1n) is 6.60. The van der Waals surface area contributed by atoms with Gasteiger partial charge in [0.2, 0.25) is 0 Å². The van der Waals surface area contributed by atoms with Crippen molar-refractivity contribution in [2.24, 2.45) is 11.7 Å². The molecule has 1 rings (SSSR count). The van der Waals surface area contributed by atoms with Crippen LogP contribution in [-0.2, 0) is 0 Å².